The SMILES string of the molecule is CCC1(O)C(OC)=C(Br)C(=O)C1=C(Br)Br. The Morgan fingerprint density at radius 3 is 2.40 bits per heavy atom. The molecule has 1 aliphatic rings. The normalized spacial score (nSPS) is 26.3. The molecule has 0 saturated carbocycles. The number of Topliss-reactive ketones (excluding diaryl/α,β-unsaturated/α-hetero) is 1. The molecule has 0 bridgehead atoms. The van der Waals surface area contributed by atoms with Gasteiger partial charge in [-0.3, -0.25) is 4.79 Å². The summed E-state index contributed by atoms with van der Waals surface area (Å²) in [5, 5.41) is 10.4. The quantitative estimate of drug-likeness (QED) is 0.720. The minimum Gasteiger partial charge on any atom is -0.496 e. The summed E-state index contributed by atoms with van der Waals surface area (Å²) in [6, 6.07) is 0. The Labute approximate surface area is 113 Å². The zero-order valence-electron chi connectivity index (χ0n) is 8.10. The summed E-state index contributed by atoms with van der Waals surface area (Å²) in [6.45, 7) is 1.78. The number of carbonyl (C=O) groups is 1. The third-order valence-electron chi connectivity index (χ3n) is 2.32. The molecule has 84 valence electrons. The van der Waals surface area contributed by atoms with Gasteiger partial charge in [0.25, 0.3) is 0 Å². The number of hydrogen-bond donors (Lipinski definition) is 1. The number of rotatable bonds is 2. The number of methoxy groups -OCH3 is 1. The lowest BCUT2D eigenvalue weighted by molar-refractivity contribution is -0.112. The molecule has 0 saturated heterocycles. The van der Waals surface area contributed by atoms with E-state index in [1.54, 1.807) is 6.92 Å². The van der Waals surface area contributed by atoms with Crippen molar-refractivity contribution >= 4 is 53.6 Å². The van der Waals surface area contributed by atoms with Crippen molar-refractivity contribution in [1.82, 2.24) is 0 Å². The van der Waals surface area contributed by atoms with Gasteiger partial charge in [-0.1, -0.05) is 6.92 Å². The monoisotopic (exact) mass is 402 g/mol. The van der Waals surface area contributed by atoms with Gasteiger partial charge in [-0.05, 0) is 54.2 Å². The van der Waals surface area contributed by atoms with Crippen LogP contribution in [-0.2, 0) is 9.53 Å². The van der Waals surface area contributed by atoms with Crippen molar-refractivity contribution in [3.05, 3.63) is 19.2 Å². The first-order valence-corrected chi connectivity index (χ1v) is 6.55. The molecule has 0 heterocycles. The lowest BCUT2D eigenvalue weighted by Gasteiger charge is -2.24. The van der Waals surface area contributed by atoms with Crippen molar-refractivity contribution in [2.75, 3.05) is 7.11 Å². The first kappa shape index (κ1) is 13.4. The van der Waals surface area contributed by atoms with Crippen molar-refractivity contribution in [2.45, 2.75) is 18.9 Å². The average molecular weight is 405 g/mol. The van der Waals surface area contributed by atoms with Crippen molar-refractivity contribution in [2.24, 2.45) is 0 Å². The second-order valence-corrected chi connectivity index (χ2v) is 6.47. The Kier molecular flexibility index (Phi) is 4.20. The molecular weight excluding hydrogens is 396 g/mol. The van der Waals surface area contributed by atoms with Gasteiger partial charge in [0.05, 0.1) is 16.1 Å². The maximum Gasteiger partial charge on any atom is 0.204 e. The third kappa shape index (κ3) is 1.97. The zero-order chi connectivity index (χ0) is 11.8. The molecule has 1 N–H and O–H groups in total. The van der Waals surface area contributed by atoms with Gasteiger partial charge in [-0.2, -0.15) is 0 Å². The van der Waals surface area contributed by atoms with Gasteiger partial charge in [-0.25, -0.2) is 0 Å². The van der Waals surface area contributed by atoms with Gasteiger partial charge in [0.1, 0.15) is 10.2 Å². The molecule has 0 radical (unpaired) electrons. The van der Waals surface area contributed by atoms with E-state index in [-0.39, 0.29) is 21.6 Å². The summed E-state index contributed by atoms with van der Waals surface area (Å²) in [6.07, 6.45) is 0.354. The largest absolute Gasteiger partial charge is 0.496 e. The number of halogens is 3. The minimum absolute atomic E-state index is 0.251. The van der Waals surface area contributed by atoms with E-state index >= 15 is 0 Å². The van der Waals surface area contributed by atoms with Crippen LogP contribution in [0.5, 0.6) is 0 Å². The van der Waals surface area contributed by atoms with E-state index < -0.39 is 5.60 Å². The second kappa shape index (κ2) is 4.69. The summed E-state index contributed by atoms with van der Waals surface area (Å²) in [5.41, 5.74) is -1.11. The van der Waals surface area contributed by atoms with Crippen LogP contribution in [0.15, 0.2) is 19.2 Å². The van der Waals surface area contributed by atoms with Crippen LogP contribution < -0.4 is 0 Å². The van der Waals surface area contributed by atoms with E-state index in [9.17, 15) is 9.90 Å². The van der Waals surface area contributed by atoms with Crippen LogP contribution >= 0.6 is 47.8 Å². The van der Waals surface area contributed by atoms with Crippen LogP contribution in [0.1, 0.15) is 13.3 Å². The predicted octanol–water partition coefficient (Wildman–Crippen LogP) is 2.96. The van der Waals surface area contributed by atoms with Gasteiger partial charge >= 0.3 is 0 Å². The summed E-state index contributed by atoms with van der Waals surface area (Å²) in [5.74, 6) is -0.0265. The highest BCUT2D eigenvalue weighted by Gasteiger charge is 2.49. The number of allylic oxidation sites excluding steroid dienone is 1. The molecule has 3 nitrogen and oxygen atoms in total. The number of hydrogen-bond acceptors (Lipinski definition) is 3. The summed E-state index contributed by atoms with van der Waals surface area (Å²) < 4.78 is 5.77. The first-order valence-electron chi connectivity index (χ1n) is 4.17. The van der Waals surface area contributed by atoms with Crippen molar-refractivity contribution < 1.29 is 14.6 Å². The van der Waals surface area contributed by atoms with E-state index in [0.29, 0.717) is 9.81 Å². The second-order valence-electron chi connectivity index (χ2n) is 3.03. The Morgan fingerprint density at radius 2 is 2.07 bits per heavy atom. The Morgan fingerprint density at radius 1 is 1.53 bits per heavy atom. The minimum atomic E-state index is -1.37. The molecule has 0 aliphatic heterocycles. The maximum absolute atomic E-state index is 11.8. The van der Waals surface area contributed by atoms with Gasteiger partial charge in [0.2, 0.25) is 5.78 Å². The average Bonchev–Trinajstić information content (AvgIpc) is 2.36. The van der Waals surface area contributed by atoms with Gasteiger partial charge < -0.3 is 9.84 Å². The highest BCUT2D eigenvalue weighted by molar-refractivity contribution is 9.28. The number of aliphatic hydroxyl groups is 1. The van der Waals surface area contributed by atoms with Gasteiger partial charge in [0, 0.05) is 0 Å². The molecule has 0 aromatic rings. The fourth-order valence-corrected chi connectivity index (χ4v) is 3.24. The van der Waals surface area contributed by atoms with Crippen LogP contribution in [0, 0.1) is 0 Å². The van der Waals surface area contributed by atoms with E-state index in [4.69, 9.17) is 4.74 Å². The fourth-order valence-electron chi connectivity index (χ4n) is 1.53. The summed E-state index contributed by atoms with van der Waals surface area (Å²) in [7, 11) is 1.43. The smallest absolute Gasteiger partial charge is 0.204 e. The molecule has 15 heavy (non-hydrogen) atoms. The lowest BCUT2D eigenvalue weighted by atomic mass is 9.94. The molecule has 0 aromatic heterocycles. The van der Waals surface area contributed by atoms with E-state index in [2.05, 4.69) is 47.8 Å². The standard InChI is InChI=1S/C9H9Br3O3/c1-3-9(14)4(8(11)12)6(13)5(10)7(9)15-2/h14H,3H2,1-2H3. The molecule has 0 fully saturated rings. The van der Waals surface area contributed by atoms with Gasteiger partial charge in [0.15, 0.2) is 5.60 Å². The predicted molar refractivity (Wildman–Crippen MR) is 68.1 cm³/mol. The number of ether oxygens (including phenoxy) is 1. The van der Waals surface area contributed by atoms with Crippen LogP contribution in [0.4, 0.5) is 0 Å². The molecule has 1 unspecified atom stereocenters. The van der Waals surface area contributed by atoms with E-state index in [0.717, 1.165) is 0 Å². The van der Waals surface area contributed by atoms with E-state index in [1.165, 1.54) is 7.11 Å². The van der Waals surface area contributed by atoms with Crippen LogP contribution in [0.25, 0.3) is 0 Å². The lowest BCUT2D eigenvalue weighted by Crippen LogP contribution is -2.32. The Balaban J connectivity index is 3.44. The fraction of sp³-hybridized carbons (Fsp3) is 0.444. The Bertz CT molecular complexity index is 369. The zero-order valence-corrected chi connectivity index (χ0v) is 12.9. The topological polar surface area (TPSA) is 46.5 Å². The van der Waals surface area contributed by atoms with Crippen molar-refractivity contribution in [3.63, 3.8) is 0 Å². The van der Waals surface area contributed by atoms with Crippen LogP contribution in [0.2, 0.25) is 0 Å². The molecule has 0 amide bonds. The Hall–Kier alpha value is 0.350. The number of ketones is 1. The molecule has 6 heteroatoms. The highest BCUT2D eigenvalue weighted by Crippen LogP contribution is 2.46. The van der Waals surface area contributed by atoms with Crippen LogP contribution in [0.3, 0.4) is 0 Å². The van der Waals surface area contributed by atoms with Crippen molar-refractivity contribution in [1.29, 1.82) is 0 Å². The third-order valence-corrected chi connectivity index (χ3v) is 3.83. The number of carbonyl (C=O) groups excluding carboxylic acids is 1. The van der Waals surface area contributed by atoms with Crippen LogP contribution in [-0.4, -0.2) is 23.6 Å². The first-order chi connectivity index (χ1) is 6.90. The molecule has 0 spiro atoms. The summed E-state index contributed by atoms with van der Waals surface area (Å²) in [4.78, 5) is 11.8. The molecule has 0 aromatic carbocycles. The molecular formula is C9H9Br3O3. The van der Waals surface area contributed by atoms with Crippen molar-refractivity contribution in [3.8, 4) is 0 Å². The maximum atomic E-state index is 11.8. The highest BCUT2D eigenvalue weighted by atomic mass is 79.9. The molecule has 1 rings (SSSR count). The van der Waals surface area contributed by atoms with Gasteiger partial charge in [-0.15, -0.1) is 0 Å². The van der Waals surface area contributed by atoms with E-state index in [1.807, 2.05) is 0 Å². The molecule has 1 aliphatic carbocycles. The summed E-state index contributed by atoms with van der Waals surface area (Å²) >= 11 is 9.43. The molecule has 1 atom stereocenters.